The third kappa shape index (κ3) is 3.08. The van der Waals surface area contributed by atoms with Crippen molar-refractivity contribution >= 4 is 18.2 Å². The Morgan fingerprint density at radius 1 is 1.47 bits per heavy atom. The maximum absolute atomic E-state index is 4.43. The van der Waals surface area contributed by atoms with Crippen LogP contribution < -0.4 is 10.2 Å². The molecule has 1 unspecified atom stereocenters. The van der Waals surface area contributed by atoms with Crippen LogP contribution in [0, 0.1) is 6.92 Å². The largest absolute Gasteiger partial charge is 0.354 e. The van der Waals surface area contributed by atoms with Crippen LogP contribution in [0.25, 0.3) is 0 Å². The molecule has 0 amide bonds. The van der Waals surface area contributed by atoms with Crippen molar-refractivity contribution in [2.75, 3.05) is 24.5 Å². The summed E-state index contributed by atoms with van der Waals surface area (Å²) in [5.74, 6) is 1.10. The first-order valence-electron chi connectivity index (χ1n) is 5.17. The lowest BCUT2D eigenvalue weighted by Crippen LogP contribution is -2.49. The zero-order chi connectivity index (χ0) is 9.97. The molecule has 1 aromatic rings. The Bertz CT molecular complexity index is 299. The predicted octanol–water partition coefficient (Wildman–Crippen LogP) is 1.61. The van der Waals surface area contributed by atoms with Gasteiger partial charge in [-0.15, -0.1) is 12.4 Å². The molecule has 1 fully saturated rings. The number of nitrogens with zero attached hydrogens (tertiary/aromatic N) is 2. The Morgan fingerprint density at radius 3 is 2.87 bits per heavy atom. The zero-order valence-electron chi connectivity index (χ0n) is 9.23. The molecule has 0 spiro atoms. The van der Waals surface area contributed by atoms with Crippen molar-refractivity contribution in [3.8, 4) is 0 Å². The molecule has 1 atom stereocenters. The van der Waals surface area contributed by atoms with Gasteiger partial charge < -0.3 is 10.2 Å². The van der Waals surface area contributed by atoms with Crippen LogP contribution in [-0.2, 0) is 0 Å². The number of aryl methyl sites for hydroxylation is 1. The summed E-state index contributed by atoms with van der Waals surface area (Å²) in [4.78, 5) is 6.77. The summed E-state index contributed by atoms with van der Waals surface area (Å²) >= 11 is 0. The van der Waals surface area contributed by atoms with Gasteiger partial charge in [0.2, 0.25) is 0 Å². The second-order valence-electron chi connectivity index (χ2n) is 3.99. The number of hydrogen-bond acceptors (Lipinski definition) is 3. The Morgan fingerprint density at radius 2 is 2.27 bits per heavy atom. The first kappa shape index (κ1) is 12.3. The SMILES string of the molecule is Cc1ccc(N2CCNC(C)C2)nc1.Cl. The van der Waals surface area contributed by atoms with Gasteiger partial charge in [-0.1, -0.05) is 6.07 Å². The fraction of sp³-hybridized carbons (Fsp3) is 0.545. The van der Waals surface area contributed by atoms with Gasteiger partial charge in [0, 0.05) is 31.9 Å². The van der Waals surface area contributed by atoms with Gasteiger partial charge in [-0.3, -0.25) is 0 Å². The molecule has 0 saturated carbocycles. The van der Waals surface area contributed by atoms with Crippen LogP contribution in [0.3, 0.4) is 0 Å². The Balaban J connectivity index is 0.00000112. The van der Waals surface area contributed by atoms with E-state index >= 15 is 0 Å². The zero-order valence-corrected chi connectivity index (χ0v) is 10.0. The number of rotatable bonds is 1. The Kier molecular flexibility index (Phi) is 4.36. The van der Waals surface area contributed by atoms with E-state index in [4.69, 9.17) is 0 Å². The molecule has 84 valence electrons. The summed E-state index contributed by atoms with van der Waals surface area (Å²) in [5, 5.41) is 3.42. The molecule has 0 bridgehead atoms. The predicted molar refractivity (Wildman–Crippen MR) is 65.9 cm³/mol. The minimum Gasteiger partial charge on any atom is -0.354 e. The fourth-order valence-electron chi connectivity index (χ4n) is 1.79. The van der Waals surface area contributed by atoms with Crippen molar-refractivity contribution in [3.05, 3.63) is 23.9 Å². The standard InChI is InChI=1S/C11H17N3.ClH/c1-9-3-4-11(13-7-9)14-6-5-12-10(2)8-14;/h3-4,7,10,12H,5-6,8H2,1-2H3;1H. The molecule has 0 aromatic carbocycles. The molecule has 2 rings (SSSR count). The Labute approximate surface area is 97.3 Å². The maximum Gasteiger partial charge on any atom is 0.128 e. The average molecular weight is 228 g/mol. The smallest absolute Gasteiger partial charge is 0.128 e. The molecule has 1 N–H and O–H groups in total. The monoisotopic (exact) mass is 227 g/mol. The van der Waals surface area contributed by atoms with Crippen LogP contribution in [-0.4, -0.2) is 30.7 Å². The molecule has 0 aliphatic carbocycles. The van der Waals surface area contributed by atoms with E-state index in [-0.39, 0.29) is 12.4 Å². The molecule has 1 aliphatic heterocycles. The minimum absolute atomic E-state index is 0. The van der Waals surface area contributed by atoms with E-state index in [2.05, 4.69) is 41.2 Å². The van der Waals surface area contributed by atoms with Crippen molar-refractivity contribution in [3.63, 3.8) is 0 Å². The molecule has 3 nitrogen and oxygen atoms in total. The molecule has 2 heterocycles. The second kappa shape index (κ2) is 5.33. The van der Waals surface area contributed by atoms with Crippen LogP contribution in [0.5, 0.6) is 0 Å². The van der Waals surface area contributed by atoms with Crippen molar-refractivity contribution in [2.24, 2.45) is 0 Å². The molecule has 15 heavy (non-hydrogen) atoms. The van der Waals surface area contributed by atoms with Gasteiger partial charge in [0.1, 0.15) is 5.82 Å². The first-order chi connectivity index (χ1) is 6.75. The Hall–Kier alpha value is -0.800. The van der Waals surface area contributed by atoms with Crippen molar-refractivity contribution in [1.29, 1.82) is 0 Å². The van der Waals surface area contributed by atoms with E-state index in [0.29, 0.717) is 6.04 Å². The molecule has 0 radical (unpaired) electrons. The van der Waals surface area contributed by atoms with E-state index in [1.54, 1.807) is 0 Å². The molecular formula is C11H18ClN3. The van der Waals surface area contributed by atoms with Crippen molar-refractivity contribution in [2.45, 2.75) is 19.9 Å². The summed E-state index contributed by atoms with van der Waals surface area (Å²) in [7, 11) is 0. The van der Waals surface area contributed by atoms with E-state index < -0.39 is 0 Å². The summed E-state index contributed by atoms with van der Waals surface area (Å²) in [6, 6.07) is 4.79. The molecule has 1 saturated heterocycles. The normalized spacial score (nSPS) is 20.9. The number of pyridine rings is 1. The number of hydrogen-bond donors (Lipinski definition) is 1. The van der Waals surface area contributed by atoms with E-state index in [1.807, 2.05) is 6.20 Å². The van der Waals surface area contributed by atoms with Gasteiger partial charge in [0.05, 0.1) is 0 Å². The van der Waals surface area contributed by atoms with Crippen molar-refractivity contribution in [1.82, 2.24) is 10.3 Å². The number of nitrogens with one attached hydrogen (secondary N) is 1. The maximum atomic E-state index is 4.43. The topological polar surface area (TPSA) is 28.2 Å². The number of anilines is 1. The van der Waals surface area contributed by atoms with Crippen LogP contribution in [0.4, 0.5) is 5.82 Å². The number of halogens is 1. The highest BCUT2D eigenvalue weighted by molar-refractivity contribution is 5.85. The van der Waals surface area contributed by atoms with Gasteiger partial charge in [0.15, 0.2) is 0 Å². The van der Waals surface area contributed by atoms with Crippen molar-refractivity contribution < 1.29 is 0 Å². The van der Waals surface area contributed by atoms with E-state index in [1.165, 1.54) is 5.56 Å². The van der Waals surface area contributed by atoms with Gasteiger partial charge in [-0.2, -0.15) is 0 Å². The van der Waals surface area contributed by atoms with Crippen LogP contribution in [0.1, 0.15) is 12.5 Å². The van der Waals surface area contributed by atoms with Gasteiger partial charge in [-0.05, 0) is 25.5 Å². The molecular weight excluding hydrogens is 210 g/mol. The summed E-state index contributed by atoms with van der Waals surface area (Å²) < 4.78 is 0. The minimum atomic E-state index is 0. The fourth-order valence-corrected chi connectivity index (χ4v) is 1.79. The number of piperazine rings is 1. The quantitative estimate of drug-likeness (QED) is 0.790. The summed E-state index contributed by atoms with van der Waals surface area (Å²) in [6.07, 6.45) is 1.93. The van der Waals surface area contributed by atoms with Crippen LogP contribution >= 0.6 is 12.4 Å². The van der Waals surface area contributed by atoms with Gasteiger partial charge in [-0.25, -0.2) is 4.98 Å². The van der Waals surface area contributed by atoms with Crippen LogP contribution in [0.2, 0.25) is 0 Å². The summed E-state index contributed by atoms with van der Waals surface area (Å²) in [6.45, 7) is 7.44. The molecule has 4 heteroatoms. The lowest BCUT2D eigenvalue weighted by molar-refractivity contribution is 0.482. The number of aromatic nitrogens is 1. The third-order valence-corrected chi connectivity index (χ3v) is 2.59. The lowest BCUT2D eigenvalue weighted by atomic mass is 10.2. The lowest BCUT2D eigenvalue weighted by Gasteiger charge is -2.32. The van der Waals surface area contributed by atoms with Gasteiger partial charge >= 0.3 is 0 Å². The van der Waals surface area contributed by atoms with E-state index in [9.17, 15) is 0 Å². The first-order valence-corrected chi connectivity index (χ1v) is 5.17. The molecule has 1 aliphatic rings. The molecule has 1 aromatic heterocycles. The highest BCUT2D eigenvalue weighted by Crippen LogP contribution is 2.12. The highest BCUT2D eigenvalue weighted by atomic mass is 35.5. The summed E-state index contributed by atoms with van der Waals surface area (Å²) in [5.41, 5.74) is 1.22. The second-order valence-corrected chi connectivity index (χ2v) is 3.99. The van der Waals surface area contributed by atoms with Crippen LogP contribution in [0.15, 0.2) is 18.3 Å². The van der Waals surface area contributed by atoms with Gasteiger partial charge in [0.25, 0.3) is 0 Å². The highest BCUT2D eigenvalue weighted by Gasteiger charge is 2.16. The van der Waals surface area contributed by atoms with E-state index in [0.717, 1.165) is 25.5 Å². The third-order valence-electron chi connectivity index (χ3n) is 2.59. The average Bonchev–Trinajstić information content (AvgIpc) is 2.19.